The van der Waals surface area contributed by atoms with Gasteiger partial charge in [0.2, 0.25) is 0 Å². The van der Waals surface area contributed by atoms with Crippen molar-refractivity contribution in [2.75, 3.05) is 26.6 Å². The van der Waals surface area contributed by atoms with Crippen molar-refractivity contribution in [3.05, 3.63) is 56.5 Å². The van der Waals surface area contributed by atoms with Crippen LogP contribution in [0.3, 0.4) is 0 Å². The summed E-state index contributed by atoms with van der Waals surface area (Å²) in [6.07, 6.45) is 8.37. The summed E-state index contributed by atoms with van der Waals surface area (Å²) in [5, 5.41) is 4.44. The second-order valence-corrected chi connectivity index (χ2v) is 13.1. The number of amides is 1. The summed E-state index contributed by atoms with van der Waals surface area (Å²) >= 11 is 5.11. The second kappa shape index (κ2) is 13.5. The normalized spacial score (nSPS) is 13.7. The summed E-state index contributed by atoms with van der Waals surface area (Å²) in [5.74, 6) is 1.25. The van der Waals surface area contributed by atoms with Gasteiger partial charge in [-0.1, -0.05) is 43.7 Å². The fourth-order valence-electron chi connectivity index (χ4n) is 6.17. The molecule has 1 aliphatic carbocycles. The van der Waals surface area contributed by atoms with Crippen molar-refractivity contribution in [1.82, 2.24) is 9.55 Å². The van der Waals surface area contributed by atoms with Crippen LogP contribution in [0.2, 0.25) is 0 Å². The third-order valence-electron chi connectivity index (χ3n) is 8.23. The molecule has 2 aromatic carbocycles. The molecule has 1 aliphatic rings. The van der Waals surface area contributed by atoms with Crippen LogP contribution < -0.4 is 14.8 Å². The molecule has 0 unspecified atom stereocenters. The molecule has 1 N–H and O–H groups in total. The van der Waals surface area contributed by atoms with Gasteiger partial charge in [-0.05, 0) is 72.3 Å². The van der Waals surface area contributed by atoms with Crippen LogP contribution in [0.1, 0.15) is 65.0 Å². The number of nitrogens with one attached hydrogen (secondary N) is 1. The Kier molecular flexibility index (Phi) is 9.76. The molecule has 0 spiro atoms. The number of ether oxygens (including phenoxy) is 3. The van der Waals surface area contributed by atoms with Crippen molar-refractivity contribution >= 4 is 55.2 Å². The number of methoxy groups -OCH3 is 3. The molecule has 228 valence electrons. The van der Waals surface area contributed by atoms with Gasteiger partial charge in [-0.25, -0.2) is 4.98 Å². The predicted octanol–water partition coefficient (Wildman–Crippen LogP) is 8.10. The molecule has 2 aromatic heterocycles. The first-order chi connectivity index (χ1) is 20.7. The molecule has 0 bridgehead atoms. The Bertz CT molecular complexity index is 1650. The van der Waals surface area contributed by atoms with Gasteiger partial charge in [0.05, 0.1) is 37.0 Å². The Morgan fingerprint density at radius 1 is 1.02 bits per heavy atom. The lowest BCUT2D eigenvalue weighted by Gasteiger charge is -2.21. The minimum absolute atomic E-state index is 0.0700. The number of thiazole rings is 1. The number of nitrogens with zero attached hydrogens (tertiary/aromatic N) is 2. The number of hydrogen-bond donors (Lipinski definition) is 1. The molecule has 1 amide bonds. The lowest BCUT2D eigenvalue weighted by molar-refractivity contribution is -0.141. The van der Waals surface area contributed by atoms with E-state index >= 15 is 0 Å². The van der Waals surface area contributed by atoms with E-state index in [9.17, 15) is 9.59 Å². The second-order valence-electron chi connectivity index (χ2n) is 11.2. The van der Waals surface area contributed by atoms with Gasteiger partial charge in [0.1, 0.15) is 23.7 Å². The zero-order valence-corrected chi connectivity index (χ0v) is 27.7. The van der Waals surface area contributed by atoms with E-state index in [-0.39, 0.29) is 12.5 Å². The van der Waals surface area contributed by atoms with Crippen molar-refractivity contribution in [3.8, 4) is 22.8 Å². The zero-order valence-electron chi connectivity index (χ0n) is 25.3. The van der Waals surface area contributed by atoms with E-state index in [0.717, 1.165) is 55.5 Å². The summed E-state index contributed by atoms with van der Waals surface area (Å²) in [6.45, 7) is 3.93. The van der Waals surface area contributed by atoms with E-state index in [1.54, 1.807) is 18.8 Å². The summed E-state index contributed by atoms with van der Waals surface area (Å²) in [6, 6.07) is 9.70. The van der Waals surface area contributed by atoms with Crippen LogP contribution in [-0.4, -0.2) is 42.8 Å². The SMILES string of the molecule is COC(=O)Cn1c(C(=O)Nc2nc(-c3cc(Br)c(OC)cc3OC)c(CCC3CCCCC3)s2)cc2cc(C)cc(C)c21. The number of carbonyl (C=O) groups excluding carboxylic acids is 2. The molecule has 0 atom stereocenters. The summed E-state index contributed by atoms with van der Waals surface area (Å²) < 4.78 is 18.7. The maximum absolute atomic E-state index is 13.8. The number of anilines is 1. The fraction of sp³-hybridized carbons (Fsp3) is 0.424. The first-order valence-corrected chi connectivity index (χ1v) is 16.2. The van der Waals surface area contributed by atoms with Crippen molar-refractivity contribution in [2.24, 2.45) is 5.92 Å². The van der Waals surface area contributed by atoms with E-state index in [4.69, 9.17) is 19.2 Å². The average molecular weight is 669 g/mol. The Morgan fingerprint density at radius 2 is 1.77 bits per heavy atom. The topological polar surface area (TPSA) is 91.7 Å². The monoisotopic (exact) mass is 667 g/mol. The van der Waals surface area contributed by atoms with E-state index in [2.05, 4.69) is 21.2 Å². The number of halogens is 1. The Balaban J connectivity index is 1.53. The number of benzene rings is 2. The van der Waals surface area contributed by atoms with Crippen LogP contribution in [0.4, 0.5) is 5.13 Å². The average Bonchev–Trinajstić information content (AvgIpc) is 3.57. The van der Waals surface area contributed by atoms with Crippen molar-refractivity contribution in [3.63, 3.8) is 0 Å². The Morgan fingerprint density at radius 3 is 2.47 bits per heavy atom. The number of rotatable bonds is 10. The summed E-state index contributed by atoms with van der Waals surface area (Å²) in [5.41, 5.74) is 4.89. The molecule has 1 saturated carbocycles. The lowest BCUT2D eigenvalue weighted by atomic mass is 9.86. The highest BCUT2D eigenvalue weighted by atomic mass is 79.9. The number of esters is 1. The van der Waals surface area contributed by atoms with Gasteiger partial charge < -0.3 is 18.8 Å². The number of carbonyl (C=O) groups is 2. The number of hydrogen-bond acceptors (Lipinski definition) is 7. The van der Waals surface area contributed by atoms with Gasteiger partial charge in [0.15, 0.2) is 5.13 Å². The molecular weight excluding hydrogens is 630 g/mol. The molecule has 0 aliphatic heterocycles. The van der Waals surface area contributed by atoms with Gasteiger partial charge in [0, 0.05) is 21.9 Å². The molecule has 4 aromatic rings. The van der Waals surface area contributed by atoms with Gasteiger partial charge in [-0.2, -0.15) is 0 Å². The third-order valence-corrected chi connectivity index (χ3v) is 9.88. The quantitative estimate of drug-likeness (QED) is 0.172. The molecule has 10 heteroatoms. The van der Waals surface area contributed by atoms with Crippen LogP contribution in [-0.2, 0) is 22.5 Å². The van der Waals surface area contributed by atoms with Gasteiger partial charge in [-0.3, -0.25) is 14.9 Å². The minimum atomic E-state index is -0.426. The third kappa shape index (κ3) is 6.75. The highest BCUT2D eigenvalue weighted by molar-refractivity contribution is 9.10. The van der Waals surface area contributed by atoms with Crippen molar-refractivity contribution in [1.29, 1.82) is 0 Å². The predicted molar refractivity (Wildman–Crippen MR) is 175 cm³/mol. The van der Waals surface area contributed by atoms with E-state index in [1.165, 1.54) is 50.6 Å². The highest BCUT2D eigenvalue weighted by Crippen LogP contribution is 2.43. The van der Waals surface area contributed by atoms with E-state index < -0.39 is 5.97 Å². The van der Waals surface area contributed by atoms with E-state index in [1.807, 2.05) is 44.2 Å². The van der Waals surface area contributed by atoms with E-state index in [0.29, 0.717) is 28.2 Å². The molecule has 43 heavy (non-hydrogen) atoms. The Hall–Kier alpha value is -3.37. The summed E-state index contributed by atoms with van der Waals surface area (Å²) in [7, 11) is 4.60. The smallest absolute Gasteiger partial charge is 0.325 e. The van der Waals surface area contributed by atoms with Crippen LogP contribution in [0.15, 0.2) is 34.8 Å². The fourth-order valence-corrected chi connectivity index (χ4v) is 7.66. The summed E-state index contributed by atoms with van der Waals surface area (Å²) in [4.78, 5) is 32.2. The Labute approximate surface area is 264 Å². The highest BCUT2D eigenvalue weighted by Gasteiger charge is 2.24. The van der Waals surface area contributed by atoms with Gasteiger partial charge >= 0.3 is 5.97 Å². The van der Waals surface area contributed by atoms with Gasteiger partial charge in [0.25, 0.3) is 5.91 Å². The first-order valence-electron chi connectivity index (χ1n) is 14.6. The first kappa shape index (κ1) is 31.1. The molecule has 0 saturated heterocycles. The maximum Gasteiger partial charge on any atom is 0.325 e. The molecular formula is C33H38BrN3O5S. The van der Waals surface area contributed by atoms with Crippen LogP contribution in [0.5, 0.6) is 11.5 Å². The number of fused-ring (bicyclic) bond motifs is 1. The standard InChI is InChI=1S/C33H38BrN3O5S/c1-19-13-20(2)31-22(14-19)15-25(37(31)18-29(38)42-5)32(39)36-33-35-30(23-16-24(34)27(41-4)17-26(23)40-3)28(43-33)12-11-21-9-7-6-8-10-21/h13-17,21H,6-12,18H2,1-5H3,(H,35,36,39). The minimum Gasteiger partial charge on any atom is -0.496 e. The molecule has 0 radical (unpaired) electrons. The maximum atomic E-state index is 13.8. The van der Waals surface area contributed by atoms with Crippen LogP contribution >= 0.6 is 27.3 Å². The number of aryl methyl sites for hydroxylation is 3. The molecule has 8 nitrogen and oxygen atoms in total. The van der Waals surface area contributed by atoms with Crippen LogP contribution in [0.25, 0.3) is 22.2 Å². The lowest BCUT2D eigenvalue weighted by Crippen LogP contribution is -2.20. The van der Waals surface area contributed by atoms with Crippen molar-refractivity contribution < 1.29 is 23.8 Å². The number of aromatic nitrogens is 2. The largest absolute Gasteiger partial charge is 0.496 e. The molecule has 5 rings (SSSR count). The zero-order chi connectivity index (χ0) is 30.7. The van der Waals surface area contributed by atoms with Crippen LogP contribution in [0, 0.1) is 19.8 Å². The van der Waals surface area contributed by atoms with Crippen molar-refractivity contribution in [2.45, 2.75) is 65.3 Å². The van der Waals surface area contributed by atoms with Gasteiger partial charge in [-0.15, -0.1) is 11.3 Å². The molecule has 1 fully saturated rings. The molecule has 2 heterocycles.